The molecule has 0 amide bonds. The number of carbonyl (C=O) groups excluding carboxylic acids is 1. The molecule has 0 aliphatic carbocycles. The first kappa shape index (κ1) is 65.1. The van der Waals surface area contributed by atoms with Gasteiger partial charge in [0, 0.05) is 95.1 Å². The molecule has 0 fully saturated rings. The molecular formula is C58H58BrCl3F3N3O8S3Si2. The fourth-order valence-corrected chi connectivity index (χ4v) is 12.6. The fraction of sp³-hybridized carbons (Fsp3) is 0.224. The first-order valence-corrected chi connectivity index (χ1v) is 36.3. The molecule has 0 unspecified atom stereocenters. The summed E-state index contributed by atoms with van der Waals surface area (Å²) in [6.45, 7) is 15.4. The molecule has 3 N–H and O–H groups in total. The Kier molecular flexibility index (Phi) is 23.6. The molecule has 3 heterocycles. The van der Waals surface area contributed by atoms with Gasteiger partial charge in [0.15, 0.2) is 0 Å². The van der Waals surface area contributed by atoms with Gasteiger partial charge in [-0.15, -0.1) is 12.6 Å². The topological polar surface area (TPSA) is 145 Å². The van der Waals surface area contributed by atoms with Crippen LogP contribution in [0.4, 0.5) is 13.2 Å². The van der Waals surface area contributed by atoms with Crippen molar-refractivity contribution >= 4 is 154 Å². The molecule has 11 nitrogen and oxygen atoms in total. The standard InChI is InChI=1S/C21H23ClFNO3SSi.C16H21BrClNO3Si.C15H9ClFNO2S.C6H5FS/c1-29(2,3)9-8-27-13-24-18-10-14(22)11-20(17(18)12-19(24)21(25)26)28-16-6-4-15(23)5-7-16;1-21-16(20)15-9-12-13(17)7-11(18)8-14(12)19(15)10-22-5-6-23(2,3)4;16-8-5-12-11(7-13(18-12)15(19)20)14(6-8)21-10-3-1-9(17)2-4-10;7-5-1-3-6(8)4-2-5/h4-7,10-12H,8-9,13H2,1-3H3,(H,25,26);7-9H,5-6,10H2,1-4H3;1-7,18H,(H,19,20);1-4,8H. The third-order valence-electron chi connectivity index (χ3n) is 11.7. The highest BCUT2D eigenvalue weighted by Gasteiger charge is 2.22. The largest absolute Gasteiger partial charge is 0.477 e. The number of thiol groups is 1. The third-order valence-corrected chi connectivity index (χ3v) is 18.9. The van der Waals surface area contributed by atoms with Crippen molar-refractivity contribution < 1.29 is 52.0 Å². The molecule has 0 spiro atoms. The van der Waals surface area contributed by atoms with E-state index >= 15 is 0 Å². The number of ether oxygens (including phenoxy) is 3. The van der Waals surface area contributed by atoms with E-state index in [4.69, 9.17) is 54.1 Å². The van der Waals surface area contributed by atoms with E-state index in [1.165, 1.54) is 67.0 Å². The maximum atomic E-state index is 13.2. The fourth-order valence-electron chi connectivity index (χ4n) is 7.53. The lowest BCUT2D eigenvalue weighted by molar-refractivity contribution is 0.0545. The lowest BCUT2D eigenvalue weighted by Gasteiger charge is -2.16. The number of H-pyrrole nitrogens is 1. The summed E-state index contributed by atoms with van der Waals surface area (Å²) in [5.74, 6) is -3.27. The molecule has 0 atom stereocenters. The Balaban J connectivity index is 0.000000185. The van der Waals surface area contributed by atoms with Gasteiger partial charge in [0.1, 0.15) is 48.0 Å². The smallest absolute Gasteiger partial charge is 0.354 e. The van der Waals surface area contributed by atoms with Gasteiger partial charge in [-0.2, -0.15) is 0 Å². The molecule has 23 heteroatoms. The molecule has 6 aromatic carbocycles. The number of methoxy groups -OCH3 is 1. The number of aromatic nitrogens is 3. The van der Waals surface area contributed by atoms with Crippen LogP contribution in [0.15, 0.2) is 156 Å². The average molecular weight is 1320 g/mol. The number of hydrogen-bond acceptors (Lipinski definition) is 9. The van der Waals surface area contributed by atoms with Crippen LogP contribution >= 0.6 is 86.9 Å². The summed E-state index contributed by atoms with van der Waals surface area (Å²) < 4.78 is 59.0. The monoisotopic (exact) mass is 1320 g/mol. The summed E-state index contributed by atoms with van der Waals surface area (Å²) in [5, 5.41) is 22.8. The summed E-state index contributed by atoms with van der Waals surface area (Å²) in [4.78, 5) is 41.8. The molecule has 0 aliphatic rings. The maximum Gasteiger partial charge on any atom is 0.354 e. The number of nitrogens with one attached hydrogen (secondary N) is 1. The summed E-state index contributed by atoms with van der Waals surface area (Å²) in [5.41, 5.74) is 2.91. The number of hydrogen-bond donors (Lipinski definition) is 4. The van der Waals surface area contributed by atoms with E-state index in [2.05, 4.69) is 72.8 Å². The Bertz CT molecular complexity index is 3630. The number of aromatic amines is 1. The SMILES string of the molecule is COC(=O)c1cc2c(Br)cc(Cl)cc2n1COCC[Si](C)(C)C.C[Si](C)(C)CCOCn1c(C(=O)O)cc2c(Sc3ccc(F)cc3)cc(Cl)cc21.Fc1ccc(S)cc1.O=C(O)c1cc2c(Sc3ccc(F)cc3)cc(Cl)cc2[nH]1. The molecule has 81 heavy (non-hydrogen) atoms. The van der Waals surface area contributed by atoms with E-state index in [9.17, 15) is 32.7 Å². The summed E-state index contributed by atoms with van der Waals surface area (Å²) in [7, 11) is -1.01. The second-order valence-electron chi connectivity index (χ2n) is 20.5. The molecule has 0 radical (unpaired) electrons. The summed E-state index contributed by atoms with van der Waals surface area (Å²) >= 11 is 28.8. The van der Waals surface area contributed by atoms with Crippen LogP contribution < -0.4 is 0 Å². The van der Waals surface area contributed by atoms with Crippen LogP contribution in [0.1, 0.15) is 31.5 Å². The molecule has 9 aromatic rings. The van der Waals surface area contributed by atoms with Gasteiger partial charge in [-0.3, -0.25) is 0 Å². The number of halogens is 7. The quantitative estimate of drug-likeness (QED) is 0.0301. The first-order valence-electron chi connectivity index (χ1n) is 24.8. The van der Waals surface area contributed by atoms with Crippen molar-refractivity contribution in [2.24, 2.45) is 0 Å². The number of carboxylic acids is 2. The Morgan fingerprint density at radius 2 is 1.02 bits per heavy atom. The van der Waals surface area contributed by atoms with Crippen molar-refractivity contribution in [3.63, 3.8) is 0 Å². The number of benzene rings is 6. The maximum absolute atomic E-state index is 13.2. The van der Waals surface area contributed by atoms with E-state index < -0.39 is 34.1 Å². The molecule has 0 saturated heterocycles. The predicted octanol–water partition coefficient (Wildman–Crippen LogP) is 18.7. The van der Waals surface area contributed by atoms with E-state index in [0.717, 1.165) is 62.7 Å². The minimum absolute atomic E-state index is 0.105. The Morgan fingerprint density at radius 1 is 0.593 bits per heavy atom. The molecule has 9 rings (SSSR count). The van der Waals surface area contributed by atoms with Gasteiger partial charge in [0.25, 0.3) is 0 Å². The van der Waals surface area contributed by atoms with E-state index in [1.807, 2.05) is 10.6 Å². The van der Waals surface area contributed by atoms with E-state index in [-0.39, 0.29) is 35.6 Å². The number of fused-ring (bicyclic) bond motifs is 3. The second-order valence-corrected chi connectivity index (χ2v) is 36.7. The predicted molar refractivity (Wildman–Crippen MR) is 333 cm³/mol. The molecule has 0 saturated carbocycles. The molecule has 3 aromatic heterocycles. The molecular weight excluding hydrogens is 1260 g/mol. The Morgan fingerprint density at radius 3 is 1.48 bits per heavy atom. The first-order chi connectivity index (χ1) is 38.2. The van der Waals surface area contributed by atoms with Gasteiger partial charge < -0.3 is 38.5 Å². The Hall–Kier alpha value is -5.11. The number of carboxylic acid groups (broad SMARTS) is 2. The van der Waals surface area contributed by atoms with Gasteiger partial charge in [-0.25, -0.2) is 27.6 Å². The zero-order valence-electron chi connectivity index (χ0n) is 45.0. The zero-order valence-corrected chi connectivity index (χ0v) is 53.4. The highest BCUT2D eigenvalue weighted by atomic mass is 79.9. The van der Waals surface area contributed by atoms with Crippen LogP contribution in [0.5, 0.6) is 0 Å². The van der Waals surface area contributed by atoms with Crippen LogP contribution in [0.3, 0.4) is 0 Å². The van der Waals surface area contributed by atoms with Gasteiger partial charge >= 0.3 is 17.9 Å². The van der Waals surface area contributed by atoms with Gasteiger partial charge in [0.05, 0.1) is 18.1 Å². The van der Waals surface area contributed by atoms with Gasteiger partial charge in [0.2, 0.25) is 0 Å². The lowest BCUT2D eigenvalue weighted by Crippen LogP contribution is -2.22. The van der Waals surface area contributed by atoms with Gasteiger partial charge in [-0.1, -0.05) is 114 Å². The van der Waals surface area contributed by atoms with E-state index in [0.29, 0.717) is 51.7 Å². The number of esters is 1. The van der Waals surface area contributed by atoms with Crippen LogP contribution in [0.25, 0.3) is 32.7 Å². The van der Waals surface area contributed by atoms with Crippen LogP contribution in [-0.2, 0) is 27.7 Å². The lowest BCUT2D eigenvalue weighted by atomic mass is 10.2. The van der Waals surface area contributed by atoms with Crippen LogP contribution in [-0.4, -0.2) is 78.7 Å². The number of carbonyl (C=O) groups is 3. The van der Waals surface area contributed by atoms with Crippen molar-refractivity contribution in [2.45, 2.75) is 89.3 Å². The van der Waals surface area contributed by atoms with Crippen LogP contribution in [0, 0.1) is 17.5 Å². The van der Waals surface area contributed by atoms with Crippen molar-refractivity contribution in [1.29, 1.82) is 0 Å². The molecule has 0 bridgehead atoms. The molecule has 428 valence electrons. The minimum atomic E-state index is -1.24. The summed E-state index contributed by atoms with van der Waals surface area (Å²) in [6, 6.07) is 35.9. The summed E-state index contributed by atoms with van der Waals surface area (Å²) in [6.07, 6.45) is 0. The number of aromatic carboxylic acids is 2. The number of rotatable bonds is 17. The average Bonchev–Trinajstić information content (AvgIpc) is 4.23. The van der Waals surface area contributed by atoms with Gasteiger partial charge in [-0.05, 0) is 139 Å². The van der Waals surface area contributed by atoms with E-state index in [1.54, 1.807) is 89.5 Å². The normalized spacial score (nSPS) is 11.4. The van der Waals surface area contributed by atoms with Crippen molar-refractivity contribution in [1.82, 2.24) is 14.1 Å². The van der Waals surface area contributed by atoms with Crippen molar-refractivity contribution in [2.75, 3.05) is 20.3 Å². The third kappa shape index (κ3) is 19.5. The second kappa shape index (κ2) is 29.4. The Labute approximate surface area is 507 Å². The minimum Gasteiger partial charge on any atom is -0.477 e. The number of nitrogens with zero attached hydrogens (tertiary/aromatic N) is 2. The molecule has 0 aliphatic heterocycles. The van der Waals surface area contributed by atoms with Crippen molar-refractivity contribution in [3.8, 4) is 0 Å². The van der Waals surface area contributed by atoms with Crippen molar-refractivity contribution in [3.05, 3.63) is 181 Å². The van der Waals surface area contributed by atoms with Crippen LogP contribution in [0.2, 0.25) is 66.4 Å². The zero-order chi connectivity index (χ0) is 59.3. The highest BCUT2D eigenvalue weighted by molar-refractivity contribution is 9.10. The highest BCUT2D eigenvalue weighted by Crippen LogP contribution is 2.39.